The van der Waals surface area contributed by atoms with Crippen LogP contribution in [0.2, 0.25) is 0 Å². The number of benzene rings is 1. The van der Waals surface area contributed by atoms with Crippen molar-refractivity contribution in [3.05, 3.63) is 29.8 Å². The van der Waals surface area contributed by atoms with Crippen LogP contribution in [0.15, 0.2) is 24.3 Å². The lowest BCUT2D eigenvalue weighted by atomic mass is 10.1. The molecule has 0 saturated carbocycles. The van der Waals surface area contributed by atoms with Gasteiger partial charge in [-0.2, -0.15) is 0 Å². The molecule has 2 rings (SSSR count). The van der Waals surface area contributed by atoms with Gasteiger partial charge in [0.25, 0.3) is 0 Å². The van der Waals surface area contributed by atoms with Gasteiger partial charge in [0.05, 0.1) is 6.54 Å². The van der Waals surface area contributed by atoms with Gasteiger partial charge in [0.15, 0.2) is 0 Å². The van der Waals surface area contributed by atoms with Crippen LogP contribution in [-0.2, 0) is 16.0 Å². The van der Waals surface area contributed by atoms with Crippen molar-refractivity contribution in [1.82, 2.24) is 4.90 Å². The molecular weight excluding hydrogens is 256 g/mol. The van der Waals surface area contributed by atoms with E-state index in [1.165, 1.54) is 0 Å². The zero-order valence-corrected chi connectivity index (χ0v) is 11.6. The minimum atomic E-state index is -0.844. The van der Waals surface area contributed by atoms with Crippen molar-refractivity contribution in [1.29, 1.82) is 0 Å². The van der Waals surface area contributed by atoms with Crippen LogP contribution in [0.3, 0.4) is 0 Å². The van der Waals surface area contributed by atoms with E-state index in [4.69, 9.17) is 5.11 Å². The average molecular weight is 276 g/mol. The fraction of sp³-hybridized carbons (Fsp3) is 0.467. The summed E-state index contributed by atoms with van der Waals surface area (Å²) in [6, 6.07) is 7.18. The third-order valence-corrected chi connectivity index (χ3v) is 3.61. The molecule has 1 aliphatic heterocycles. The van der Waals surface area contributed by atoms with Crippen molar-refractivity contribution >= 4 is 17.6 Å². The summed E-state index contributed by atoms with van der Waals surface area (Å²) >= 11 is 0. The maximum absolute atomic E-state index is 12.0. The SMILES string of the molecule is CCc1cccc(NC(=O)CN2CCCC2C(=O)O)c1. The van der Waals surface area contributed by atoms with Gasteiger partial charge in [-0.05, 0) is 43.5 Å². The first-order valence-electron chi connectivity index (χ1n) is 6.96. The van der Waals surface area contributed by atoms with Gasteiger partial charge in [-0.1, -0.05) is 19.1 Å². The third kappa shape index (κ3) is 3.57. The second kappa shape index (κ2) is 6.52. The Morgan fingerprint density at radius 2 is 2.25 bits per heavy atom. The second-order valence-corrected chi connectivity index (χ2v) is 5.07. The number of carboxylic acids is 1. The Balaban J connectivity index is 1.93. The van der Waals surface area contributed by atoms with Crippen molar-refractivity contribution in [3.63, 3.8) is 0 Å². The quantitative estimate of drug-likeness (QED) is 0.859. The number of rotatable bonds is 5. The van der Waals surface area contributed by atoms with Crippen LogP contribution in [0.4, 0.5) is 5.69 Å². The molecule has 2 N–H and O–H groups in total. The molecule has 1 saturated heterocycles. The lowest BCUT2D eigenvalue weighted by molar-refractivity contribution is -0.142. The summed E-state index contributed by atoms with van der Waals surface area (Å²) < 4.78 is 0. The Morgan fingerprint density at radius 1 is 1.45 bits per heavy atom. The Hall–Kier alpha value is -1.88. The molecule has 0 aromatic heterocycles. The Labute approximate surface area is 118 Å². The lowest BCUT2D eigenvalue weighted by Gasteiger charge is -2.20. The predicted molar refractivity (Wildman–Crippen MR) is 76.7 cm³/mol. The van der Waals surface area contributed by atoms with Crippen LogP contribution in [0.5, 0.6) is 0 Å². The lowest BCUT2D eigenvalue weighted by Crippen LogP contribution is -2.40. The molecule has 5 nitrogen and oxygen atoms in total. The topological polar surface area (TPSA) is 69.6 Å². The van der Waals surface area contributed by atoms with E-state index in [1.807, 2.05) is 24.3 Å². The highest BCUT2D eigenvalue weighted by Crippen LogP contribution is 2.17. The van der Waals surface area contributed by atoms with E-state index in [0.29, 0.717) is 13.0 Å². The van der Waals surface area contributed by atoms with E-state index in [9.17, 15) is 9.59 Å². The molecule has 1 fully saturated rings. The molecule has 0 radical (unpaired) electrons. The van der Waals surface area contributed by atoms with Gasteiger partial charge in [-0.15, -0.1) is 0 Å². The minimum Gasteiger partial charge on any atom is -0.480 e. The van der Waals surface area contributed by atoms with E-state index < -0.39 is 12.0 Å². The average Bonchev–Trinajstić information content (AvgIpc) is 2.87. The maximum atomic E-state index is 12.0. The summed E-state index contributed by atoms with van der Waals surface area (Å²) in [5, 5.41) is 11.9. The molecule has 0 spiro atoms. The predicted octanol–water partition coefficient (Wildman–Crippen LogP) is 1.74. The van der Waals surface area contributed by atoms with E-state index in [-0.39, 0.29) is 12.5 Å². The number of aliphatic carboxylic acids is 1. The molecule has 5 heteroatoms. The van der Waals surface area contributed by atoms with Crippen molar-refractivity contribution < 1.29 is 14.7 Å². The van der Waals surface area contributed by atoms with Crippen LogP contribution in [0, 0.1) is 0 Å². The first-order valence-corrected chi connectivity index (χ1v) is 6.96. The molecule has 0 aliphatic carbocycles. The zero-order valence-electron chi connectivity index (χ0n) is 11.6. The van der Waals surface area contributed by atoms with Gasteiger partial charge in [0, 0.05) is 5.69 Å². The number of likely N-dealkylation sites (tertiary alicyclic amines) is 1. The molecule has 1 aromatic carbocycles. The van der Waals surface area contributed by atoms with E-state index in [0.717, 1.165) is 24.1 Å². The number of carbonyl (C=O) groups is 2. The number of nitrogens with zero attached hydrogens (tertiary/aromatic N) is 1. The van der Waals surface area contributed by atoms with Gasteiger partial charge < -0.3 is 10.4 Å². The molecule has 20 heavy (non-hydrogen) atoms. The van der Waals surface area contributed by atoms with Gasteiger partial charge in [0.2, 0.25) is 5.91 Å². The normalized spacial score (nSPS) is 18.9. The first kappa shape index (κ1) is 14.5. The largest absolute Gasteiger partial charge is 0.480 e. The van der Waals surface area contributed by atoms with Crippen molar-refractivity contribution in [2.24, 2.45) is 0 Å². The summed E-state index contributed by atoms with van der Waals surface area (Å²) in [5.41, 5.74) is 1.92. The van der Waals surface area contributed by atoms with Crippen LogP contribution >= 0.6 is 0 Å². The molecule has 1 aromatic rings. The number of nitrogens with one attached hydrogen (secondary N) is 1. The first-order chi connectivity index (χ1) is 9.60. The van der Waals surface area contributed by atoms with Gasteiger partial charge in [0.1, 0.15) is 6.04 Å². The van der Waals surface area contributed by atoms with Crippen molar-refractivity contribution in [2.45, 2.75) is 32.2 Å². The van der Waals surface area contributed by atoms with E-state index >= 15 is 0 Å². The zero-order chi connectivity index (χ0) is 14.5. The summed E-state index contributed by atoms with van der Waals surface area (Å²) in [6.07, 6.45) is 2.36. The number of hydrogen-bond acceptors (Lipinski definition) is 3. The molecule has 1 heterocycles. The minimum absolute atomic E-state index is 0.132. The molecule has 1 unspecified atom stereocenters. The fourth-order valence-electron chi connectivity index (χ4n) is 2.55. The monoisotopic (exact) mass is 276 g/mol. The number of carbonyl (C=O) groups excluding carboxylic acids is 1. The molecule has 108 valence electrons. The fourth-order valence-corrected chi connectivity index (χ4v) is 2.55. The highest BCUT2D eigenvalue weighted by Gasteiger charge is 2.31. The molecule has 1 atom stereocenters. The van der Waals surface area contributed by atoms with Gasteiger partial charge in [-0.3, -0.25) is 14.5 Å². The molecular formula is C15H20N2O3. The third-order valence-electron chi connectivity index (χ3n) is 3.61. The van der Waals surface area contributed by atoms with E-state index in [2.05, 4.69) is 12.2 Å². The number of anilines is 1. The molecule has 1 amide bonds. The van der Waals surface area contributed by atoms with E-state index in [1.54, 1.807) is 4.90 Å². The van der Waals surface area contributed by atoms with Crippen LogP contribution in [0.1, 0.15) is 25.3 Å². The standard InChI is InChI=1S/C15H20N2O3/c1-2-11-5-3-6-12(9-11)16-14(18)10-17-8-4-7-13(17)15(19)20/h3,5-6,9,13H,2,4,7-8,10H2,1H3,(H,16,18)(H,19,20). The number of amides is 1. The van der Waals surface area contributed by atoms with Crippen molar-refractivity contribution in [2.75, 3.05) is 18.4 Å². The van der Waals surface area contributed by atoms with Crippen molar-refractivity contribution in [3.8, 4) is 0 Å². The highest BCUT2D eigenvalue weighted by atomic mass is 16.4. The van der Waals surface area contributed by atoms with Gasteiger partial charge in [-0.25, -0.2) is 0 Å². The number of aryl methyl sites for hydroxylation is 1. The highest BCUT2D eigenvalue weighted by molar-refractivity contribution is 5.92. The maximum Gasteiger partial charge on any atom is 0.320 e. The Bertz CT molecular complexity index is 502. The Morgan fingerprint density at radius 3 is 2.95 bits per heavy atom. The summed E-state index contributed by atoms with van der Waals surface area (Å²) in [5.74, 6) is -1.00. The summed E-state index contributed by atoms with van der Waals surface area (Å²) in [4.78, 5) is 24.8. The summed E-state index contributed by atoms with van der Waals surface area (Å²) in [6.45, 7) is 2.86. The summed E-state index contributed by atoms with van der Waals surface area (Å²) in [7, 11) is 0. The Kier molecular flexibility index (Phi) is 4.74. The molecule has 0 bridgehead atoms. The second-order valence-electron chi connectivity index (χ2n) is 5.07. The van der Waals surface area contributed by atoms with Crippen LogP contribution in [-0.4, -0.2) is 41.0 Å². The smallest absolute Gasteiger partial charge is 0.320 e. The molecule has 1 aliphatic rings. The number of carboxylic acid groups (broad SMARTS) is 1. The van der Waals surface area contributed by atoms with Crippen LogP contribution in [0.25, 0.3) is 0 Å². The van der Waals surface area contributed by atoms with Gasteiger partial charge >= 0.3 is 5.97 Å². The number of hydrogen-bond donors (Lipinski definition) is 2. The van der Waals surface area contributed by atoms with Crippen LogP contribution < -0.4 is 5.32 Å².